The van der Waals surface area contributed by atoms with E-state index < -0.39 is 10.0 Å². The van der Waals surface area contributed by atoms with E-state index in [1.165, 1.54) is 0 Å². The predicted molar refractivity (Wildman–Crippen MR) is 82.7 cm³/mol. The van der Waals surface area contributed by atoms with Crippen LogP contribution in [0.1, 0.15) is 32.5 Å². The van der Waals surface area contributed by atoms with Crippen LogP contribution < -0.4 is 5.32 Å². The highest BCUT2D eigenvalue weighted by Gasteiger charge is 2.31. The van der Waals surface area contributed by atoms with E-state index >= 15 is 0 Å². The van der Waals surface area contributed by atoms with Gasteiger partial charge in [0, 0.05) is 25.8 Å². The normalized spacial score (nSPS) is 20.8. The fourth-order valence-corrected chi connectivity index (χ4v) is 4.37. The number of nitrogens with zero attached hydrogens (tertiary/aromatic N) is 3. The van der Waals surface area contributed by atoms with Gasteiger partial charge in [0.1, 0.15) is 5.82 Å². The van der Waals surface area contributed by atoms with E-state index in [0.717, 1.165) is 38.3 Å². The third-order valence-electron chi connectivity index (χ3n) is 4.06. The lowest BCUT2D eigenvalue weighted by atomic mass is 10.00. The molecule has 6 nitrogen and oxygen atoms in total. The topological polar surface area (TPSA) is 67.2 Å². The number of hydrogen-bond donors (Lipinski definition) is 1. The summed E-state index contributed by atoms with van der Waals surface area (Å²) in [4.78, 5) is 4.23. The lowest BCUT2D eigenvalue weighted by molar-refractivity contribution is 0.260. The fourth-order valence-electron chi connectivity index (χ4n) is 2.82. The first-order valence-electron chi connectivity index (χ1n) is 7.73. The van der Waals surface area contributed by atoms with Crippen LogP contribution in [0, 0.1) is 12.8 Å². The molecule has 120 valence electrons. The van der Waals surface area contributed by atoms with Crippen molar-refractivity contribution in [3.63, 3.8) is 0 Å². The van der Waals surface area contributed by atoms with Gasteiger partial charge in [-0.05, 0) is 45.7 Å². The third kappa shape index (κ3) is 3.64. The van der Waals surface area contributed by atoms with Gasteiger partial charge in [-0.2, -0.15) is 4.31 Å². The fraction of sp³-hybridized carbons (Fsp3) is 0.786. The molecule has 1 fully saturated rings. The maximum atomic E-state index is 12.7. The minimum Gasteiger partial charge on any atom is -0.334 e. The molecule has 1 aliphatic rings. The Morgan fingerprint density at radius 3 is 2.81 bits per heavy atom. The van der Waals surface area contributed by atoms with Gasteiger partial charge in [-0.25, -0.2) is 13.4 Å². The molecule has 1 unspecified atom stereocenters. The average molecular weight is 314 g/mol. The van der Waals surface area contributed by atoms with Crippen LogP contribution in [-0.4, -0.2) is 48.5 Å². The average Bonchev–Trinajstić information content (AvgIpc) is 2.87. The minimum absolute atomic E-state index is 0.186. The van der Waals surface area contributed by atoms with Crippen LogP contribution in [0.2, 0.25) is 0 Å². The van der Waals surface area contributed by atoms with Gasteiger partial charge in [0.05, 0.1) is 0 Å². The summed E-state index contributed by atoms with van der Waals surface area (Å²) in [6, 6.07) is 0. The zero-order chi connectivity index (χ0) is 15.5. The van der Waals surface area contributed by atoms with Gasteiger partial charge in [-0.15, -0.1) is 0 Å². The number of imidazole rings is 1. The quantitative estimate of drug-likeness (QED) is 0.857. The number of sulfonamides is 1. The van der Waals surface area contributed by atoms with Crippen LogP contribution >= 0.6 is 0 Å². The number of aromatic nitrogens is 2. The Labute approximate surface area is 127 Å². The summed E-state index contributed by atoms with van der Waals surface area (Å²) in [6.45, 7) is 9.62. The van der Waals surface area contributed by atoms with Gasteiger partial charge in [-0.3, -0.25) is 0 Å². The highest BCUT2D eigenvalue weighted by molar-refractivity contribution is 7.89. The molecule has 7 heteroatoms. The predicted octanol–water partition coefficient (Wildman–Crippen LogP) is 1.22. The summed E-state index contributed by atoms with van der Waals surface area (Å²) in [5, 5.41) is 3.50. The first-order chi connectivity index (χ1) is 9.98. The van der Waals surface area contributed by atoms with Crippen molar-refractivity contribution in [2.75, 3.05) is 26.2 Å². The zero-order valence-corrected chi connectivity index (χ0v) is 14.0. The molecule has 1 N–H and O–H groups in total. The lowest BCUT2D eigenvalue weighted by Gasteiger charge is -2.31. The number of hydrogen-bond acceptors (Lipinski definition) is 4. The third-order valence-corrected chi connectivity index (χ3v) is 5.80. The number of aryl methyl sites for hydroxylation is 2. The van der Waals surface area contributed by atoms with Crippen molar-refractivity contribution < 1.29 is 8.42 Å². The van der Waals surface area contributed by atoms with Crippen molar-refractivity contribution in [2.45, 2.75) is 45.2 Å². The Balaban J connectivity index is 2.14. The molecule has 0 radical (unpaired) electrons. The Morgan fingerprint density at radius 2 is 2.19 bits per heavy atom. The molecule has 2 rings (SSSR count). The van der Waals surface area contributed by atoms with Gasteiger partial charge in [0.15, 0.2) is 5.03 Å². The minimum atomic E-state index is -3.46. The standard InChI is InChI=1S/C14H26N4O2S/c1-4-15-9-13-7-6-8-18(10-13)21(19,20)14-11-17(5-2)12(3)16-14/h11,13,15H,4-10H2,1-3H3. The largest absolute Gasteiger partial charge is 0.334 e. The molecule has 21 heavy (non-hydrogen) atoms. The summed E-state index contributed by atoms with van der Waals surface area (Å²) in [5.41, 5.74) is 0. The van der Waals surface area contributed by atoms with E-state index in [2.05, 4.69) is 17.2 Å². The number of piperidine rings is 1. The molecule has 0 amide bonds. The lowest BCUT2D eigenvalue weighted by Crippen LogP contribution is -2.42. The summed E-state index contributed by atoms with van der Waals surface area (Å²) < 4.78 is 28.9. The van der Waals surface area contributed by atoms with Crippen LogP contribution in [0.3, 0.4) is 0 Å². The van der Waals surface area contributed by atoms with Crippen molar-refractivity contribution in [3.8, 4) is 0 Å². The highest BCUT2D eigenvalue weighted by atomic mass is 32.2. The van der Waals surface area contributed by atoms with Crippen molar-refractivity contribution in [1.29, 1.82) is 0 Å². The smallest absolute Gasteiger partial charge is 0.262 e. The van der Waals surface area contributed by atoms with Gasteiger partial charge < -0.3 is 9.88 Å². The second-order valence-electron chi connectivity index (χ2n) is 5.59. The van der Waals surface area contributed by atoms with Crippen LogP contribution in [0.5, 0.6) is 0 Å². The monoisotopic (exact) mass is 314 g/mol. The summed E-state index contributed by atoms with van der Waals surface area (Å²) in [7, 11) is -3.46. The molecule has 2 heterocycles. The molecular formula is C14H26N4O2S. The van der Waals surface area contributed by atoms with Gasteiger partial charge in [-0.1, -0.05) is 6.92 Å². The maximum absolute atomic E-state index is 12.7. The second-order valence-corrected chi connectivity index (χ2v) is 7.48. The van der Waals surface area contributed by atoms with Crippen molar-refractivity contribution in [2.24, 2.45) is 5.92 Å². The van der Waals surface area contributed by atoms with Crippen LogP contribution in [0.25, 0.3) is 0 Å². The van der Waals surface area contributed by atoms with Crippen LogP contribution in [-0.2, 0) is 16.6 Å². The first kappa shape index (κ1) is 16.5. The van der Waals surface area contributed by atoms with E-state index in [-0.39, 0.29) is 5.03 Å². The number of rotatable bonds is 6. The number of nitrogens with one attached hydrogen (secondary N) is 1. The second kappa shape index (κ2) is 6.89. The molecule has 1 aliphatic heterocycles. The molecular weight excluding hydrogens is 288 g/mol. The first-order valence-corrected chi connectivity index (χ1v) is 9.17. The van der Waals surface area contributed by atoms with Crippen LogP contribution in [0.4, 0.5) is 0 Å². The van der Waals surface area contributed by atoms with Crippen LogP contribution in [0.15, 0.2) is 11.2 Å². The maximum Gasteiger partial charge on any atom is 0.262 e. The van der Waals surface area contributed by atoms with Gasteiger partial charge in [0.25, 0.3) is 10.0 Å². The van der Waals surface area contributed by atoms with Crippen molar-refractivity contribution >= 4 is 10.0 Å². The molecule has 0 spiro atoms. The molecule has 0 bridgehead atoms. The molecule has 0 aliphatic carbocycles. The van der Waals surface area contributed by atoms with E-state index in [4.69, 9.17) is 0 Å². The summed E-state index contributed by atoms with van der Waals surface area (Å²) in [5.74, 6) is 1.14. The Hall–Kier alpha value is -0.920. The highest BCUT2D eigenvalue weighted by Crippen LogP contribution is 2.23. The Kier molecular flexibility index (Phi) is 5.40. The van der Waals surface area contributed by atoms with Crippen molar-refractivity contribution in [1.82, 2.24) is 19.2 Å². The molecule has 1 aromatic heterocycles. The van der Waals surface area contributed by atoms with E-state index in [9.17, 15) is 8.42 Å². The van der Waals surface area contributed by atoms with E-state index in [0.29, 0.717) is 19.0 Å². The molecule has 1 atom stereocenters. The molecule has 1 saturated heterocycles. The van der Waals surface area contributed by atoms with Gasteiger partial charge in [0.2, 0.25) is 0 Å². The Morgan fingerprint density at radius 1 is 1.43 bits per heavy atom. The molecule has 0 saturated carbocycles. The van der Waals surface area contributed by atoms with Gasteiger partial charge >= 0.3 is 0 Å². The molecule has 0 aromatic carbocycles. The van der Waals surface area contributed by atoms with Crippen molar-refractivity contribution in [3.05, 3.63) is 12.0 Å². The summed E-state index contributed by atoms with van der Waals surface area (Å²) in [6.07, 6.45) is 3.66. The zero-order valence-electron chi connectivity index (χ0n) is 13.2. The summed E-state index contributed by atoms with van der Waals surface area (Å²) >= 11 is 0. The molecule has 1 aromatic rings. The SMILES string of the molecule is CCNCC1CCCN(S(=O)(=O)c2cn(CC)c(C)n2)C1. The van der Waals surface area contributed by atoms with E-state index in [1.54, 1.807) is 10.5 Å². The Bertz CT molecular complexity index is 568. The van der Waals surface area contributed by atoms with E-state index in [1.807, 2.05) is 18.4 Å².